The van der Waals surface area contributed by atoms with E-state index in [1.807, 2.05) is 44.3 Å². The van der Waals surface area contributed by atoms with Gasteiger partial charge in [-0.15, -0.1) is 0 Å². The second-order valence-electron chi connectivity index (χ2n) is 2.33. The second-order valence-corrected chi connectivity index (χ2v) is 2.33. The molecule has 2 rings (SSSR count). The zero-order chi connectivity index (χ0) is 9.68. The van der Waals surface area contributed by atoms with Gasteiger partial charge in [-0.1, -0.05) is 32.0 Å². The average Bonchev–Trinajstić information content (AvgIpc) is 2.68. The molecule has 66 valence electrons. The van der Waals surface area contributed by atoms with E-state index in [-0.39, 0.29) is 0 Å². The van der Waals surface area contributed by atoms with Crippen LogP contribution < -0.4 is 0 Å². The summed E-state index contributed by atoms with van der Waals surface area (Å²) in [6.45, 7) is 10.9. The maximum Gasteiger partial charge on any atom is 0.210 e. The van der Waals surface area contributed by atoms with Crippen molar-refractivity contribution in [2.45, 2.75) is 13.8 Å². The molecule has 1 aromatic carbocycles. The Balaban J connectivity index is 0.000000396. The van der Waals surface area contributed by atoms with Crippen LogP contribution in [0.1, 0.15) is 13.8 Å². The van der Waals surface area contributed by atoms with Crippen LogP contribution in [0, 0.1) is 6.57 Å². The number of aromatic nitrogens is 1. The summed E-state index contributed by atoms with van der Waals surface area (Å²) in [6, 6.07) is 7.65. The minimum Gasteiger partial charge on any atom is -0.370 e. The fourth-order valence-corrected chi connectivity index (χ4v) is 1.16. The first kappa shape index (κ1) is 9.34. The zero-order valence-corrected chi connectivity index (χ0v) is 7.83. The molecule has 0 bridgehead atoms. The van der Waals surface area contributed by atoms with Crippen LogP contribution in [0.15, 0.2) is 30.5 Å². The van der Waals surface area contributed by atoms with Crippen molar-refractivity contribution in [2.75, 3.05) is 0 Å². The molecule has 0 aliphatic rings. The molecule has 0 spiro atoms. The van der Waals surface area contributed by atoms with Gasteiger partial charge in [0.25, 0.3) is 0 Å². The molecule has 0 atom stereocenters. The van der Waals surface area contributed by atoms with E-state index >= 15 is 0 Å². The topological polar surface area (TPSA) is 20.1 Å². The Morgan fingerprint density at radius 2 is 2.00 bits per heavy atom. The third kappa shape index (κ3) is 1.70. The smallest absolute Gasteiger partial charge is 0.210 e. The van der Waals surface area contributed by atoms with Crippen molar-refractivity contribution in [2.24, 2.45) is 0 Å². The van der Waals surface area contributed by atoms with Crippen LogP contribution in [0.2, 0.25) is 0 Å². The molecule has 1 heterocycles. The Hall–Kier alpha value is -1.75. The fourth-order valence-electron chi connectivity index (χ4n) is 1.16. The van der Waals surface area contributed by atoms with Crippen LogP contribution >= 0.6 is 0 Å². The van der Waals surface area contributed by atoms with Crippen LogP contribution in [-0.2, 0) is 0 Å². The molecule has 1 aromatic heterocycles. The van der Waals surface area contributed by atoms with Gasteiger partial charge < -0.3 is 4.98 Å². The summed E-state index contributed by atoms with van der Waals surface area (Å²) in [5, 5.41) is 1.10. The molecule has 2 nitrogen and oxygen atoms in total. The number of benzene rings is 1. The molecule has 0 aliphatic heterocycles. The first-order chi connectivity index (χ1) is 6.42. The molecule has 0 saturated heterocycles. The number of fused-ring (bicyclic) bond motifs is 1. The lowest BCUT2D eigenvalue weighted by molar-refractivity contribution is 1.48. The predicted molar refractivity (Wildman–Crippen MR) is 55.9 cm³/mol. The van der Waals surface area contributed by atoms with E-state index in [1.54, 1.807) is 0 Å². The molecule has 0 fully saturated rings. The highest BCUT2D eigenvalue weighted by atomic mass is 14.7. The lowest BCUT2D eigenvalue weighted by Gasteiger charge is -1.90. The summed E-state index contributed by atoms with van der Waals surface area (Å²) in [4.78, 5) is 6.42. The molecule has 13 heavy (non-hydrogen) atoms. The van der Waals surface area contributed by atoms with Crippen molar-refractivity contribution in [3.63, 3.8) is 0 Å². The van der Waals surface area contributed by atoms with Gasteiger partial charge in [0.15, 0.2) is 0 Å². The molecule has 2 aromatic rings. The standard InChI is InChI=1S/C9H6N2.C2H6/c1-10-8-4-2-3-7-5-6-11-9(7)8;1-2/h2-6,11H;1-2H3. The molecule has 0 saturated carbocycles. The Kier molecular flexibility index (Phi) is 3.10. The number of nitrogens with one attached hydrogen (secondary N) is 1. The van der Waals surface area contributed by atoms with E-state index in [4.69, 9.17) is 6.57 Å². The summed E-state index contributed by atoms with van der Waals surface area (Å²) in [7, 11) is 0. The minimum absolute atomic E-state index is 0.688. The van der Waals surface area contributed by atoms with Gasteiger partial charge in [0.05, 0.1) is 12.1 Å². The normalized spacial score (nSPS) is 8.69. The Bertz CT molecular complexity index is 421. The van der Waals surface area contributed by atoms with Gasteiger partial charge in [-0.05, 0) is 11.5 Å². The van der Waals surface area contributed by atoms with Crippen LogP contribution in [-0.4, -0.2) is 4.98 Å². The molecular weight excluding hydrogens is 160 g/mol. The lowest BCUT2D eigenvalue weighted by atomic mass is 10.2. The summed E-state index contributed by atoms with van der Waals surface area (Å²) >= 11 is 0. The highest BCUT2D eigenvalue weighted by Crippen LogP contribution is 2.23. The van der Waals surface area contributed by atoms with E-state index < -0.39 is 0 Å². The quantitative estimate of drug-likeness (QED) is 0.584. The van der Waals surface area contributed by atoms with Gasteiger partial charge in [0.2, 0.25) is 5.69 Å². The molecule has 1 N–H and O–H groups in total. The molecule has 0 unspecified atom stereocenters. The van der Waals surface area contributed by atoms with Crippen molar-refractivity contribution in [1.82, 2.24) is 4.98 Å². The van der Waals surface area contributed by atoms with Crippen LogP contribution in [0.3, 0.4) is 0 Å². The zero-order valence-electron chi connectivity index (χ0n) is 7.83. The van der Waals surface area contributed by atoms with Gasteiger partial charge in [-0.3, -0.25) is 0 Å². The summed E-state index contributed by atoms with van der Waals surface area (Å²) in [6.07, 6.45) is 1.85. The lowest BCUT2D eigenvalue weighted by Crippen LogP contribution is -1.65. The van der Waals surface area contributed by atoms with E-state index in [9.17, 15) is 0 Å². The maximum atomic E-state index is 6.87. The van der Waals surface area contributed by atoms with E-state index in [2.05, 4.69) is 9.83 Å². The van der Waals surface area contributed by atoms with Crippen LogP contribution in [0.25, 0.3) is 15.7 Å². The molecule has 0 aliphatic carbocycles. The third-order valence-electron chi connectivity index (χ3n) is 1.69. The number of para-hydroxylation sites is 1. The van der Waals surface area contributed by atoms with E-state index in [0.29, 0.717) is 5.69 Å². The number of hydrogen-bond donors (Lipinski definition) is 1. The highest BCUT2D eigenvalue weighted by molar-refractivity contribution is 5.91. The van der Waals surface area contributed by atoms with E-state index in [1.165, 1.54) is 0 Å². The monoisotopic (exact) mass is 172 g/mol. The summed E-state index contributed by atoms with van der Waals surface area (Å²) in [5.74, 6) is 0. The Labute approximate surface area is 78.0 Å². The van der Waals surface area contributed by atoms with Gasteiger partial charge in [0, 0.05) is 6.20 Å². The number of aromatic amines is 1. The van der Waals surface area contributed by atoms with Crippen LogP contribution in [0.5, 0.6) is 0 Å². The number of H-pyrrole nitrogens is 1. The first-order valence-corrected chi connectivity index (χ1v) is 4.35. The molecule has 0 radical (unpaired) electrons. The first-order valence-electron chi connectivity index (χ1n) is 4.35. The van der Waals surface area contributed by atoms with Crippen LogP contribution in [0.4, 0.5) is 5.69 Å². The fraction of sp³-hybridized carbons (Fsp3) is 0.182. The summed E-state index contributed by atoms with van der Waals surface area (Å²) < 4.78 is 0. The third-order valence-corrected chi connectivity index (χ3v) is 1.69. The molecule has 2 heteroatoms. The second kappa shape index (κ2) is 4.32. The summed E-state index contributed by atoms with van der Waals surface area (Å²) in [5.41, 5.74) is 1.62. The van der Waals surface area contributed by atoms with Gasteiger partial charge in [0.1, 0.15) is 0 Å². The minimum atomic E-state index is 0.688. The SMILES string of the molecule is CC.[C-]#[N+]c1cccc2cc[nH]c12. The molecule has 0 amide bonds. The average molecular weight is 172 g/mol. The van der Waals surface area contributed by atoms with Crippen molar-refractivity contribution in [3.05, 3.63) is 41.9 Å². The van der Waals surface area contributed by atoms with Crippen molar-refractivity contribution < 1.29 is 0 Å². The maximum absolute atomic E-state index is 6.87. The number of hydrogen-bond acceptors (Lipinski definition) is 0. The largest absolute Gasteiger partial charge is 0.370 e. The highest BCUT2D eigenvalue weighted by Gasteiger charge is 1.98. The van der Waals surface area contributed by atoms with E-state index in [0.717, 1.165) is 10.9 Å². The Morgan fingerprint density at radius 1 is 1.23 bits per heavy atom. The van der Waals surface area contributed by atoms with Gasteiger partial charge >= 0.3 is 0 Å². The van der Waals surface area contributed by atoms with Crippen molar-refractivity contribution in [1.29, 1.82) is 0 Å². The molecular formula is C11H12N2. The van der Waals surface area contributed by atoms with Gasteiger partial charge in [-0.2, -0.15) is 0 Å². The van der Waals surface area contributed by atoms with Crippen molar-refractivity contribution >= 4 is 16.6 Å². The number of rotatable bonds is 0. The number of nitrogens with zero attached hydrogens (tertiary/aromatic N) is 1. The Morgan fingerprint density at radius 3 is 2.69 bits per heavy atom. The van der Waals surface area contributed by atoms with Gasteiger partial charge in [-0.25, -0.2) is 4.85 Å². The van der Waals surface area contributed by atoms with Crippen molar-refractivity contribution in [3.8, 4) is 0 Å². The predicted octanol–water partition coefficient (Wildman–Crippen LogP) is 3.74.